The Balaban J connectivity index is 1.89. The Morgan fingerprint density at radius 2 is 2.17 bits per heavy atom. The van der Waals surface area contributed by atoms with E-state index in [1.165, 1.54) is 24.5 Å². The molecule has 1 saturated carbocycles. The molecule has 0 atom stereocenters. The maximum absolute atomic E-state index is 14.1. The summed E-state index contributed by atoms with van der Waals surface area (Å²) in [6, 6.07) is 4.69. The molecule has 3 rings (SSSR count). The number of benzene rings is 1. The van der Waals surface area contributed by atoms with Crippen LogP contribution in [0.3, 0.4) is 0 Å². The van der Waals surface area contributed by atoms with E-state index in [9.17, 15) is 14.0 Å². The number of fused-ring (bicyclic) bond motifs is 1. The molecular formula is C16H16FNO4S. The molecule has 2 N–H and O–H groups in total. The maximum atomic E-state index is 14.1. The van der Waals surface area contributed by atoms with Gasteiger partial charge in [0.1, 0.15) is 5.82 Å². The van der Waals surface area contributed by atoms with Crippen molar-refractivity contribution in [2.75, 3.05) is 13.7 Å². The highest BCUT2D eigenvalue weighted by atomic mass is 32.1. The van der Waals surface area contributed by atoms with Crippen LogP contribution in [0.5, 0.6) is 0 Å². The van der Waals surface area contributed by atoms with Crippen LogP contribution < -0.4 is 5.32 Å². The Hall–Kier alpha value is -1.99. The number of methoxy groups -OCH3 is 1. The zero-order valence-electron chi connectivity index (χ0n) is 12.5. The Morgan fingerprint density at radius 1 is 1.43 bits per heavy atom. The molecule has 1 heterocycles. The van der Waals surface area contributed by atoms with Crippen molar-refractivity contribution in [3.8, 4) is 0 Å². The van der Waals surface area contributed by atoms with E-state index in [1.54, 1.807) is 12.1 Å². The lowest BCUT2D eigenvalue weighted by molar-refractivity contribution is -0.143. The van der Waals surface area contributed by atoms with E-state index < -0.39 is 17.2 Å². The van der Waals surface area contributed by atoms with Gasteiger partial charge in [-0.1, -0.05) is 6.07 Å². The van der Waals surface area contributed by atoms with Crippen LogP contribution in [-0.4, -0.2) is 30.6 Å². The van der Waals surface area contributed by atoms with E-state index in [-0.39, 0.29) is 19.1 Å². The molecule has 0 saturated heterocycles. The van der Waals surface area contributed by atoms with Gasteiger partial charge in [0, 0.05) is 29.3 Å². The van der Waals surface area contributed by atoms with Crippen molar-refractivity contribution in [3.05, 3.63) is 34.5 Å². The molecule has 7 heteroatoms. The number of carbonyl (C=O) groups is 2. The monoisotopic (exact) mass is 337 g/mol. The van der Waals surface area contributed by atoms with Crippen LogP contribution in [0.4, 0.5) is 4.39 Å². The summed E-state index contributed by atoms with van der Waals surface area (Å²) in [5.74, 6) is -1.67. The van der Waals surface area contributed by atoms with E-state index in [2.05, 4.69) is 5.32 Å². The molecule has 0 aliphatic heterocycles. The molecule has 1 aromatic heterocycles. The predicted octanol–water partition coefficient (Wildman–Crippen LogP) is 2.78. The summed E-state index contributed by atoms with van der Waals surface area (Å²) >= 11 is 1.19. The predicted molar refractivity (Wildman–Crippen MR) is 84.1 cm³/mol. The van der Waals surface area contributed by atoms with Crippen LogP contribution >= 0.6 is 11.3 Å². The number of carboxylic acids is 1. The highest BCUT2D eigenvalue weighted by Crippen LogP contribution is 2.45. The first kappa shape index (κ1) is 15.9. The summed E-state index contributed by atoms with van der Waals surface area (Å²) in [5, 5.41) is 12.2. The highest BCUT2D eigenvalue weighted by Gasteiger charge is 2.50. The van der Waals surface area contributed by atoms with Crippen LogP contribution in [-0.2, 0) is 16.1 Å². The molecule has 0 unspecified atom stereocenters. The molecule has 122 valence electrons. The Kier molecular flexibility index (Phi) is 4.08. The van der Waals surface area contributed by atoms with Gasteiger partial charge >= 0.3 is 5.97 Å². The SMILES string of the molecule is COCc1c(C(=O)NCC2(C(=O)O)CC2)sc2cccc(F)c12. The third-order valence-electron chi connectivity index (χ3n) is 4.15. The van der Waals surface area contributed by atoms with Crippen LogP contribution in [0, 0.1) is 11.2 Å². The number of ether oxygens (including phenoxy) is 1. The van der Waals surface area contributed by atoms with Crippen molar-refractivity contribution < 1.29 is 23.8 Å². The molecule has 1 amide bonds. The van der Waals surface area contributed by atoms with E-state index in [0.717, 1.165) is 0 Å². The third kappa shape index (κ3) is 2.82. The molecule has 0 radical (unpaired) electrons. The Labute approximate surface area is 136 Å². The number of amides is 1. The van der Waals surface area contributed by atoms with Crippen LogP contribution in [0.2, 0.25) is 0 Å². The second-order valence-corrected chi connectivity index (χ2v) is 6.78. The number of carboxylic acid groups (broad SMARTS) is 1. The molecule has 2 aromatic rings. The summed E-state index contributed by atoms with van der Waals surface area (Å²) in [6.45, 7) is 0.206. The number of hydrogen-bond acceptors (Lipinski definition) is 4. The minimum atomic E-state index is -0.891. The molecule has 1 aromatic carbocycles. The molecule has 1 aliphatic carbocycles. The fourth-order valence-electron chi connectivity index (χ4n) is 2.58. The van der Waals surface area contributed by atoms with Gasteiger partial charge in [0.2, 0.25) is 0 Å². The summed E-state index contributed by atoms with van der Waals surface area (Å²) in [5.41, 5.74) is -0.331. The number of halogens is 1. The zero-order valence-corrected chi connectivity index (χ0v) is 13.3. The average Bonchev–Trinajstić information content (AvgIpc) is 3.22. The fourth-order valence-corrected chi connectivity index (χ4v) is 3.72. The van der Waals surface area contributed by atoms with E-state index in [0.29, 0.717) is 33.4 Å². The lowest BCUT2D eigenvalue weighted by atomic mass is 10.1. The highest BCUT2D eigenvalue weighted by molar-refractivity contribution is 7.21. The third-order valence-corrected chi connectivity index (χ3v) is 5.35. The summed E-state index contributed by atoms with van der Waals surface area (Å²) in [4.78, 5) is 24.0. The maximum Gasteiger partial charge on any atom is 0.311 e. The summed E-state index contributed by atoms with van der Waals surface area (Å²) < 4.78 is 19.8. The number of carbonyl (C=O) groups excluding carboxylic acids is 1. The van der Waals surface area contributed by atoms with Crippen LogP contribution in [0.1, 0.15) is 28.1 Å². The standard InChI is InChI=1S/C16H16FNO4S/c1-22-7-9-12-10(17)3-2-4-11(12)23-13(9)14(19)18-8-16(5-6-16)15(20)21/h2-4H,5-8H2,1H3,(H,18,19)(H,20,21). The second-order valence-electron chi connectivity index (χ2n) is 5.72. The lowest BCUT2D eigenvalue weighted by Gasteiger charge is -2.11. The summed E-state index contributed by atoms with van der Waals surface area (Å²) in [6.07, 6.45) is 1.13. The first-order valence-electron chi connectivity index (χ1n) is 7.19. The van der Waals surface area contributed by atoms with Gasteiger partial charge in [0.15, 0.2) is 0 Å². The Bertz CT molecular complexity index is 782. The van der Waals surface area contributed by atoms with Crippen molar-refractivity contribution in [3.63, 3.8) is 0 Å². The van der Waals surface area contributed by atoms with Crippen molar-refractivity contribution in [1.82, 2.24) is 5.32 Å². The van der Waals surface area contributed by atoms with Crippen molar-refractivity contribution >= 4 is 33.3 Å². The molecular weight excluding hydrogens is 321 g/mol. The molecule has 1 aliphatic rings. The number of aliphatic carboxylic acids is 1. The number of thiophene rings is 1. The molecule has 23 heavy (non-hydrogen) atoms. The second kappa shape index (κ2) is 5.90. The number of rotatable bonds is 6. The molecule has 0 spiro atoms. The topological polar surface area (TPSA) is 75.6 Å². The van der Waals surface area contributed by atoms with Crippen molar-refractivity contribution in [1.29, 1.82) is 0 Å². The number of hydrogen-bond donors (Lipinski definition) is 2. The molecule has 5 nitrogen and oxygen atoms in total. The van der Waals surface area contributed by atoms with Gasteiger partial charge in [-0.15, -0.1) is 11.3 Å². The fraction of sp³-hybridized carbons (Fsp3) is 0.375. The number of nitrogens with one attached hydrogen (secondary N) is 1. The van der Waals surface area contributed by atoms with Gasteiger partial charge in [-0.2, -0.15) is 0 Å². The van der Waals surface area contributed by atoms with Gasteiger partial charge in [0.25, 0.3) is 5.91 Å². The lowest BCUT2D eigenvalue weighted by Crippen LogP contribution is -2.34. The van der Waals surface area contributed by atoms with Crippen molar-refractivity contribution in [2.24, 2.45) is 5.41 Å². The van der Waals surface area contributed by atoms with Crippen molar-refractivity contribution in [2.45, 2.75) is 19.4 Å². The normalized spacial score (nSPS) is 15.6. The first-order chi connectivity index (χ1) is 11.0. The van der Waals surface area contributed by atoms with E-state index in [1.807, 2.05) is 0 Å². The van der Waals surface area contributed by atoms with Crippen LogP contribution in [0.25, 0.3) is 10.1 Å². The molecule has 1 fully saturated rings. The average molecular weight is 337 g/mol. The zero-order chi connectivity index (χ0) is 16.6. The van der Waals surface area contributed by atoms with Crippen LogP contribution in [0.15, 0.2) is 18.2 Å². The van der Waals surface area contributed by atoms with Gasteiger partial charge in [-0.3, -0.25) is 9.59 Å². The smallest absolute Gasteiger partial charge is 0.311 e. The van der Waals surface area contributed by atoms with E-state index >= 15 is 0 Å². The van der Waals surface area contributed by atoms with Gasteiger partial charge < -0.3 is 15.2 Å². The van der Waals surface area contributed by atoms with Gasteiger partial charge in [-0.25, -0.2) is 4.39 Å². The first-order valence-corrected chi connectivity index (χ1v) is 8.00. The summed E-state index contributed by atoms with van der Waals surface area (Å²) in [7, 11) is 1.48. The largest absolute Gasteiger partial charge is 0.481 e. The molecule has 0 bridgehead atoms. The minimum absolute atomic E-state index is 0.0876. The quantitative estimate of drug-likeness (QED) is 0.850. The van der Waals surface area contributed by atoms with E-state index in [4.69, 9.17) is 9.84 Å². The van der Waals surface area contributed by atoms with Gasteiger partial charge in [-0.05, 0) is 25.0 Å². The minimum Gasteiger partial charge on any atom is -0.481 e. The van der Waals surface area contributed by atoms with Gasteiger partial charge in [0.05, 0.1) is 16.9 Å². The Morgan fingerprint density at radius 3 is 2.78 bits per heavy atom.